The highest BCUT2D eigenvalue weighted by Crippen LogP contribution is 2.20. The Labute approximate surface area is 164 Å². The third kappa shape index (κ3) is 8.52. The minimum absolute atomic E-state index is 0.589. The molecule has 4 nitrogen and oxygen atoms in total. The molecule has 0 aliphatic rings. The van der Waals surface area contributed by atoms with Crippen LogP contribution in [0.2, 0.25) is 0 Å². The van der Waals surface area contributed by atoms with Gasteiger partial charge in [0.05, 0.1) is 5.69 Å². The van der Waals surface area contributed by atoms with Gasteiger partial charge in [-0.1, -0.05) is 50.2 Å². The van der Waals surface area contributed by atoms with Gasteiger partial charge in [-0.25, -0.2) is 4.79 Å². The molecule has 0 aliphatic heterocycles. The number of alkyl halides is 3. The molecule has 0 bridgehead atoms. The predicted molar refractivity (Wildman–Crippen MR) is 103 cm³/mol. The van der Waals surface area contributed by atoms with Crippen molar-refractivity contribution in [3.63, 3.8) is 0 Å². The van der Waals surface area contributed by atoms with Crippen LogP contribution in [0.25, 0.3) is 0 Å². The number of rotatable bonds is 7. The summed E-state index contributed by atoms with van der Waals surface area (Å²) in [6, 6.07) is 15.1. The lowest BCUT2D eigenvalue weighted by Crippen LogP contribution is -2.24. The van der Waals surface area contributed by atoms with Crippen molar-refractivity contribution in [1.82, 2.24) is 9.88 Å². The average molecular weight is 396 g/mol. The van der Waals surface area contributed by atoms with Crippen molar-refractivity contribution in [2.45, 2.75) is 45.3 Å². The standard InChI is InChI=1S/C19H26N2.C2HF3O2/c1-4-16-11-12-19(20-13-16)15-21(3)14-17(5-2)18-9-7-6-8-10-18;3-2(4,5)1(6)7/h6-13,17H,4-5,14-15H2,1-3H3;(H,6,7)/t17-;/m1./s1. The van der Waals surface area contributed by atoms with Crippen LogP contribution in [0.5, 0.6) is 0 Å². The number of halogens is 3. The minimum Gasteiger partial charge on any atom is -0.475 e. The summed E-state index contributed by atoms with van der Waals surface area (Å²) in [6.07, 6.45) is -0.872. The lowest BCUT2D eigenvalue weighted by molar-refractivity contribution is -0.192. The highest BCUT2D eigenvalue weighted by Gasteiger charge is 2.38. The van der Waals surface area contributed by atoms with Crippen molar-refractivity contribution in [3.05, 3.63) is 65.5 Å². The molecule has 154 valence electrons. The highest BCUT2D eigenvalue weighted by atomic mass is 19.4. The summed E-state index contributed by atoms with van der Waals surface area (Å²) in [7, 11) is 2.18. The maximum Gasteiger partial charge on any atom is 0.490 e. The summed E-state index contributed by atoms with van der Waals surface area (Å²) in [4.78, 5) is 15.8. The van der Waals surface area contributed by atoms with Crippen LogP contribution in [-0.2, 0) is 17.8 Å². The van der Waals surface area contributed by atoms with Crippen molar-refractivity contribution < 1.29 is 23.1 Å². The summed E-state index contributed by atoms with van der Waals surface area (Å²) >= 11 is 0. The number of aryl methyl sites for hydroxylation is 1. The van der Waals surface area contributed by atoms with Gasteiger partial charge in [0, 0.05) is 19.3 Å². The van der Waals surface area contributed by atoms with Crippen LogP contribution in [-0.4, -0.2) is 40.7 Å². The Kier molecular flexibility index (Phi) is 9.65. The molecule has 0 radical (unpaired) electrons. The van der Waals surface area contributed by atoms with E-state index in [1.54, 1.807) is 0 Å². The van der Waals surface area contributed by atoms with Crippen LogP contribution < -0.4 is 0 Å². The molecule has 2 aromatic rings. The molecular formula is C21H27F3N2O2. The fraction of sp³-hybridized carbons (Fsp3) is 0.429. The van der Waals surface area contributed by atoms with E-state index in [1.165, 1.54) is 11.1 Å². The number of carboxylic acid groups (broad SMARTS) is 1. The number of pyridine rings is 1. The van der Waals surface area contributed by atoms with E-state index in [0.29, 0.717) is 5.92 Å². The summed E-state index contributed by atoms with van der Waals surface area (Å²) in [5.74, 6) is -2.17. The molecule has 28 heavy (non-hydrogen) atoms. The van der Waals surface area contributed by atoms with Crippen LogP contribution >= 0.6 is 0 Å². The molecule has 1 heterocycles. The van der Waals surface area contributed by atoms with Crippen molar-refractivity contribution in [2.75, 3.05) is 13.6 Å². The van der Waals surface area contributed by atoms with Crippen molar-refractivity contribution in [1.29, 1.82) is 0 Å². The second-order valence-electron chi connectivity index (χ2n) is 6.53. The molecule has 1 N–H and O–H groups in total. The highest BCUT2D eigenvalue weighted by molar-refractivity contribution is 5.73. The van der Waals surface area contributed by atoms with Crippen LogP contribution in [0.3, 0.4) is 0 Å². The Morgan fingerprint density at radius 2 is 1.75 bits per heavy atom. The Morgan fingerprint density at radius 3 is 2.18 bits per heavy atom. The zero-order valence-electron chi connectivity index (χ0n) is 16.4. The Balaban J connectivity index is 0.000000480. The van der Waals surface area contributed by atoms with E-state index in [9.17, 15) is 13.2 Å². The van der Waals surface area contributed by atoms with Gasteiger partial charge in [-0.05, 0) is 43.0 Å². The maximum absolute atomic E-state index is 10.6. The smallest absolute Gasteiger partial charge is 0.475 e. The topological polar surface area (TPSA) is 53.4 Å². The Morgan fingerprint density at radius 1 is 1.14 bits per heavy atom. The van der Waals surface area contributed by atoms with Gasteiger partial charge in [0.25, 0.3) is 0 Å². The van der Waals surface area contributed by atoms with Gasteiger partial charge in [0.2, 0.25) is 0 Å². The maximum atomic E-state index is 10.6. The molecule has 0 fully saturated rings. The lowest BCUT2D eigenvalue weighted by atomic mass is 9.96. The van der Waals surface area contributed by atoms with E-state index in [1.807, 2.05) is 6.20 Å². The Hall–Kier alpha value is -2.41. The molecular weight excluding hydrogens is 369 g/mol. The van der Waals surface area contributed by atoms with Crippen LogP contribution in [0.4, 0.5) is 13.2 Å². The number of carbonyl (C=O) groups is 1. The average Bonchev–Trinajstić information content (AvgIpc) is 2.67. The largest absolute Gasteiger partial charge is 0.490 e. The molecule has 0 saturated carbocycles. The van der Waals surface area contributed by atoms with Gasteiger partial charge in [-0.15, -0.1) is 0 Å². The number of benzene rings is 1. The van der Waals surface area contributed by atoms with Gasteiger partial charge in [0.15, 0.2) is 0 Å². The van der Waals surface area contributed by atoms with Crippen molar-refractivity contribution in [3.8, 4) is 0 Å². The SMILES string of the molecule is CCc1ccc(CN(C)C[C@@H](CC)c2ccccc2)nc1.O=C(O)C(F)(F)F. The van der Waals surface area contributed by atoms with Crippen molar-refractivity contribution in [2.24, 2.45) is 0 Å². The third-order valence-electron chi connectivity index (χ3n) is 4.26. The molecule has 1 atom stereocenters. The molecule has 2 rings (SSSR count). The Bertz CT molecular complexity index is 704. The number of hydrogen-bond acceptors (Lipinski definition) is 3. The van der Waals surface area contributed by atoms with Crippen molar-refractivity contribution >= 4 is 5.97 Å². The summed E-state index contributed by atoms with van der Waals surface area (Å²) in [5, 5.41) is 7.12. The zero-order chi connectivity index (χ0) is 21.2. The van der Waals surface area contributed by atoms with Gasteiger partial charge in [0.1, 0.15) is 0 Å². The van der Waals surface area contributed by atoms with Gasteiger partial charge < -0.3 is 5.11 Å². The predicted octanol–water partition coefficient (Wildman–Crippen LogP) is 4.90. The first-order valence-corrected chi connectivity index (χ1v) is 9.14. The molecule has 0 unspecified atom stereocenters. The summed E-state index contributed by atoms with van der Waals surface area (Å²) in [5.41, 5.74) is 3.89. The molecule has 0 aliphatic carbocycles. The van der Waals surface area contributed by atoms with E-state index < -0.39 is 12.1 Å². The first-order valence-electron chi connectivity index (χ1n) is 9.14. The summed E-state index contributed by atoms with van der Waals surface area (Å²) in [6.45, 7) is 6.40. The molecule has 0 saturated heterocycles. The molecule has 0 amide bonds. The quantitative estimate of drug-likeness (QED) is 0.723. The molecule has 1 aromatic carbocycles. The minimum atomic E-state index is -5.08. The third-order valence-corrected chi connectivity index (χ3v) is 4.26. The number of aliphatic carboxylic acids is 1. The van der Waals surface area contributed by atoms with E-state index in [-0.39, 0.29) is 0 Å². The van der Waals surface area contributed by atoms with Crippen LogP contribution in [0.15, 0.2) is 48.7 Å². The number of aromatic nitrogens is 1. The normalized spacial score (nSPS) is 12.2. The van der Waals surface area contributed by atoms with Gasteiger partial charge in [-0.2, -0.15) is 13.2 Å². The lowest BCUT2D eigenvalue weighted by Gasteiger charge is -2.23. The van der Waals surface area contributed by atoms with E-state index in [2.05, 4.69) is 73.2 Å². The van der Waals surface area contributed by atoms with E-state index >= 15 is 0 Å². The monoisotopic (exact) mass is 396 g/mol. The fourth-order valence-corrected chi connectivity index (χ4v) is 2.67. The van der Waals surface area contributed by atoms with E-state index in [0.717, 1.165) is 31.6 Å². The molecule has 0 spiro atoms. The fourth-order valence-electron chi connectivity index (χ4n) is 2.67. The second-order valence-corrected chi connectivity index (χ2v) is 6.53. The zero-order valence-corrected chi connectivity index (χ0v) is 16.4. The van der Waals surface area contributed by atoms with Gasteiger partial charge in [-0.3, -0.25) is 9.88 Å². The number of hydrogen-bond donors (Lipinski definition) is 1. The van der Waals surface area contributed by atoms with Gasteiger partial charge >= 0.3 is 12.1 Å². The van der Waals surface area contributed by atoms with E-state index in [4.69, 9.17) is 9.90 Å². The summed E-state index contributed by atoms with van der Waals surface area (Å²) < 4.78 is 31.7. The van der Waals surface area contributed by atoms with Crippen LogP contribution in [0, 0.1) is 0 Å². The second kappa shape index (κ2) is 11.4. The number of nitrogens with zero attached hydrogens (tertiary/aromatic N) is 2. The van der Waals surface area contributed by atoms with Crippen LogP contribution in [0.1, 0.15) is 43.0 Å². The molecule has 1 aromatic heterocycles. The first-order chi connectivity index (χ1) is 13.2. The number of carboxylic acids is 1. The number of likely N-dealkylation sites (N-methyl/N-ethyl adjacent to an activating group) is 1. The molecule has 7 heteroatoms. The first kappa shape index (κ1) is 23.6.